The first-order chi connectivity index (χ1) is 10.2. The second-order valence-corrected chi connectivity index (χ2v) is 5.13. The fourth-order valence-electron chi connectivity index (χ4n) is 2.42. The van der Waals surface area contributed by atoms with E-state index in [-0.39, 0.29) is 0 Å². The van der Waals surface area contributed by atoms with Crippen LogP contribution in [0.1, 0.15) is 17.1 Å². The van der Waals surface area contributed by atoms with Crippen LogP contribution in [0.25, 0.3) is 11.0 Å². The van der Waals surface area contributed by atoms with Gasteiger partial charge in [0.2, 0.25) is 0 Å². The van der Waals surface area contributed by atoms with Gasteiger partial charge in [-0.25, -0.2) is 4.98 Å². The Morgan fingerprint density at radius 3 is 2.86 bits per heavy atom. The van der Waals surface area contributed by atoms with Crippen molar-refractivity contribution in [2.24, 2.45) is 7.05 Å². The monoisotopic (exact) mass is 299 g/mol. The van der Waals surface area contributed by atoms with Gasteiger partial charge in [0.1, 0.15) is 5.82 Å². The first-order valence-electron chi connectivity index (χ1n) is 6.65. The molecule has 3 aromatic rings. The maximum Gasteiger partial charge on any atom is 0.124 e. The quantitative estimate of drug-likeness (QED) is 0.696. The van der Waals surface area contributed by atoms with Gasteiger partial charge in [-0.15, -0.1) is 11.6 Å². The van der Waals surface area contributed by atoms with Gasteiger partial charge in [-0.2, -0.15) is 10.4 Å². The van der Waals surface area contributed by atoms with Crippen molar-refractivity contribution in [3.8, 4) is 6.07 Å². The Kier molecular flexibility index (Phi) is 3.63. The van der Waals surface area contributed by atoms with E-state index in [0.717, 1.165) is 35.5 Å². The first-order valence-corrected chi connectivity index (χ1v) is 7.18. The lowest BCUT2D eigenvalue weighted by molar-refractivity contribution is 0.660. The second kappa shape index (κ2) is 5.58. The zero-order valence-corrected chi connectivity index (χ0v) is 12.4. The normalized spacial score (nSPS) is 10.9. The topological polar surface area (TPSA) is 59.4 Å². The van der Waals surface area contributed by atoms with Gasteiger partial charge >= 0.3 is 0 Å². The molecule has 6 heteroatoms. The van der Waals surface area contributed by atoms with Crippen LogP contribution in [0.15, 0.2) is 30.5 Å². The summed E-state index contributed by atoms with van der Waals surface area (Å²) in [6, 6.07) is 9.66. The van der Waals surface area contributed by atoms with Gasteiger partial charge in [0.15, 0.2) is 0 Å². The maximum absolute atomic E-state index is 9.04. The average Bonchev–Trinajstić information content (AvgIpc) is 3.07. The molecule has 1 aromatic carbocycles. The molecule has 2 aromatic heterocycles. The van der Waals surface area contributed by atoms with Gasteiger partial charge < -0.3 is 4.57 Å². The number of fused-ring (bicyclic) bond motifs is 1. The Morgan fingerprint density at radius 2 is 2.19 bits per heavy atom. The molecule has 0 aliphatic heterocycles. The fraction of sp³-hybridized carbons (Fsp3) is 0.267. The number of hydrogen-bond acceptors (Lipinski definition) is 3. The number of hydrogen-bond donors (Lipinski definition) is 0. The number of aromatic nitrogens is 4. The minimum absolute atomic E-state index is 0.346. The Morgan fingerprint density at radius 1 is 1.33 bits per heavy atom. The average molecular weight is 300 g/mol. The minimum atomic E-state index is 0.346. The Hall–Kier alpha value is -2.32. The molecule has 0 atom stereocenters. The van der Waals surface area contributed by atoms with E-state index in [4.69, 9.17) is 16.9 Å². The molecule has 3 rings (SSSR count). The van der Waals surface area contributed by atoms with Crippen LogP contribution in [-0.2, 0) is 25.9 Å². The molecule has 0 saturated carbocycles. The molecule has 0 bridgehead atoms. The summed E-state index contributed by atoms with van der Waals surface area (Å²) >= 11 is 5.99. The van der Waals surface area contributed by atoms with E-state index in [0.29, 0.717) is 11.4 Å². The molecule has 0 aliphatic rings. The van der Waals surface area contributed by atoms with Crippen molar-refractivity contribution in [1.82, 2.24) is 19.3 Å². The van der Waals surface area contributed by atoms with Gasteiger partial charge in [-0.1, -0.05) is 0 Å². The van der Waals surface area contributed by atoms with Crippen LogP contribution >= 0.6 is 11.6 Å². The molecular weight excluding hydrogens is 286 g/mol. The number of benzene rings is 1. The van der Waals surface area contributed by atoms with E-state index < -0.39 is 0 Å². The summed E-state index contributed by atoms with van der Waals surface area (Å²) in [6.07, 6.45) is 2.73. The standard InChI is InChI=1S/C15H14ClN5/c1-20-6-4-12(19-20)5-7-21-14-8-11(10-17)2-3-13(14)18-15(21)9-16/h2-4,6,8H,5,7,9H2,1H3. The van der Waals surface area contributed by atoms with Crippen molar-refractivity contribution in [2.75, 3.05) is 0 Å². The Balaban J connectivity index is 1.97. The number of aryl methyl sites for hydroxylation is 3. The number of nitriles is 1. The molecule has 0 amide bonds. The van der Waals surface area contributed by atoms with Crippen LogP contribution in [-0.4, -0.2) is 19.3 Å². The van der Waals surface area contributed by atoms with Crippen molar-refractivity contribution >= 4 is 22.6 Å². The molecule has 5 nitrogen and oxygen atoms in total. The van der Waals surface area contributed by atoms with Gasteiger partial charge in [-0.3, -0.25) is 4.68 Å². The molecule has 0 radical (unpaired) electrons. The van der Waals surface area contributed by atoms with E-state index in [1.54, 1.807) is 10.7 Å². The summed E-state index contributed by atoms with van der Waals surface area (Å²) in [5, 5.41) is 13.4. The lowest BCUT2D eigenvalue weighted by Gasteiger charge is -2.06. The summed E-state index contributed by atoms with van der Waals surface area (Å²) < 4.78 is 3.86. The third-order valence-electron chi connectivity index (χ3n) is 3.44. The van der Waals surface area contributed by atoms with Crippen LogP contribution in [0.3, 0.4) is 0 Å². The predicted octanol–water partition coefficient (Wildman–Crippen LogP) is 2.62. The van der Waals surface area contributed by atoms with Crippen molar-refractivity contribution in [3.63, 3.8) is 0 Å². The largest absolute Gasteiger partial charge is 0.327 e. The second-order valence-electron chi connectivity index (χ2n) is 4.86. The SMILES string of the molecule is Cn1ccc(CCn2c(CCl)nc3ccc(C#N)cc32)n1. The van der Waals surface area contributed by atoms with Crippen LogP contribution in [0.5, 0.6) is 0 Å². The summed E-state index contributed by atoms with van der Waals surface area (Å²) in [5.74, 6) is 1.16. The minimum Gasteiger partial charge on any atom is -0.327 e. The smallest absolute Gasteiger partial charge is 0.124 e. The van der Waals surface area contributed by atoms with Gasteiger partial charge in [-0.05, 0) is 24.3 Å². The van der Waals surface area contributed by atoms with Crippen LogP contribution < -0.4 is 0 Å². The van der Waals surface area contributed by atoms with E-state index in [2.05, 4.69) is 20.7 Å². The highest BCUT2D eigenvalue weighted by atomic mass is 35.5. The lowest BCUT2D eigenvalue weighted by Crippen LogP contribution is -2.06. The predicted molar refractivity (Wildman–Crippen MR) is 80.9 cm³/mol. The highest BCUT2D eigenvalue weighted by molar-refractivity contribution is 6.16. The molecule has 0 aliphatic carbocycles. The van der Waals surface area contributed by atoms with Gasteiger partial charge in [0, 0.05) is 26.2 Å². The van der Waals surface area contributed by atoms with E-state index in [9.17, 15) is 0 Å². The third-order valence-corrected chi connectivity index (χ3v) is 3.68. The van der Waals surface area contributed by atoms with E-state index >= 15 is 0 Å². The molecule has 0 unspecified atom stereocenters. The molecule has 2 heterocycles. The van der Waals surface area contributed by atoms with Gasteiger partial charge in [0.25, 0.3) is 0 Å². The Bertz CT molecular complexity index is 824. The third kappa shape index (κ3) is 2.63. The van der Waals surface area contributed by atoms with Crippen LogP contribution in [0, 0.1) is 11.3 Å². The highest BCUT2D eigenvalue weighted by Gasteiger charge is 2.11. The summed E-state index contributed by atoms with van der Waals surface area (Å²) in [6.45, 7) is 0.741. The highest BCUT2D eigenvalue weighted by Crippen LogP contribution is 2.19. The first kappa shape index (κ1) is 13.7. The molecule has 0 fully saturated rings. The van der Waals surface area contributed by atoms with Crippen molar-refractivity contribution in [1.29, 1.82) is 5.26 Å². The Labute approximate surface area is 127 Å². The number of imidazole rings is 1. The number of alkyl halides is 1. The van der Waals surface area contributed by atoms with Crippen LogP contribution in [0.2, 0.25) is 0 Å². The fourth-order valence-corrected chi connectivity index (χ4v) is 2.62. The number of halogens is 1. The van der Waals surface area contributed by atoms with E-state index in [1.165, 1.54) is 0 Å². The molecular formula is C15H14ClN5. The van der Waals surface area contributed by atoms with Crippen molar-refractivity contribution in [3.05, 3.63) is 47.5 Å². The van der Waals surface area contributed by atoms with Crippen LogP contribution in [0.4, 0.5) is 0 Å². The van der Waals surface area contributed by atoms with Crippen molar-refractivity contribution < 1.29 is 0 Å². The molecule has 0 N–H and O–H groups in total. The zero-order chi connectivity index (χ0) is 14.8. The lowest BCUT2D eigenvalue weighted by atomic mass is 10.2. The number of rotatable bonds is 4. The summed E-state index contributed by atoms with van der Waals surface area (Å²) in [5.41, 5.74) is 3.46. The molecule has 0 spiro atoms. The van der Waals surface area contributed by atoms with Gasteiger partial charge in [0.05, 0.1) is 34.2 Å². The van der Waals surface area contributed by atoms with E-state index in [1.807, 2.05) is 31.4 Å². The summed E-state index contributed by atoms with van der Waals surface area (Å²) in [7, 11) is 1.90. The molecule has 106 valence electrons. The maximum atomic E-state index is 9.04. The zero-order valence-electron chi connectivity index (χ0n) is 11.6. The molecule has 0 saturated heterocycles. The molecule has 21 heavy (non-hydrogen) atoms. The van der Waals surface area contributed by atoms with Crippen molar-refractivity contribution in [2.45, 2.75) is 18.8 Å². The number of nitrogens with zero attached hydrogens (tertiary/aromatic N) is 5. The summed E-state index contributed by atoms with van der Waals surface area (Å²) in [4.78, 5) is 4.52.